The first kappa shape index (κ1) is 15.8. The zero-order valence-corrected chi connectivity index (χ0v) is 14.8. The van der Waals surface area contributed by atoms with E-state index >= 15 is 0 Å². The highest BCUT2D eigenvalue weighted by Gasteiger charge is 2.52. The molecule has 0 spiro atoms. The van der Waals surface area contributed by atoms with E-state index in [1.165, 1.54) is 0 Å². The van der Waals surface area contributed by atoms with Crippen molar-refractivity contribution in [3.8, 4) is 0 Å². The zero-order valence-electron chi connectivity index (χ0n) is 14.8. The smallest absolute Gasteiger partial charge is 0.398 e. The maximum absolute atomic E-state index is 11.8. The van der Waals surface area contributed by atoms with Crippen LogP contribution in [0, 0.1) is 0 Å². The Morgan fingerprint density at radius 2 is 1.83 bits per heavy atom. The van der Waals surface area contributed by atoms with Gasteiger partial charge in [0.25, 0.3) is 0 Å². The number of carbonyl (C=O) groups is 1. The minimum Gasteiger partial charge on any atom is -0.398 e. The van der Waals surface area contributed by atoms with Crippen molar-refractivity contribution in [3.63, 3.8) is 0 Å². The van der Waals surface area contributed by atoms with Crippen molar-refractivity contribution in [2.75, 3.05) is 0 Å². The molecule has 0 radical (unpaired) electrons. The lowest BCUT2D eigenvalue weighted by Gasteiger charge is -2.32. The molecule has 3 heterocycles. The van der Waals surface area contributed by atoms with Crippen LogP contribution in [-0.2, 0) is 9.31 Å². The van der Waals surface area contributed by atoms with Crippen molar-refractivity contribution in [1.82, 2.24) is 14.6 Å². The van der Waals surface area contributed by atoms with E-state index in [9.17, 15) is 4.79 Å². The Morgan fingerprint density at radius 3 is 2.38 bits per heavy atom. The van der Waals surface area contributed by atoms with Crippen molar-refractivity contribution in [3.05, 3.63) is 23.5 Å². The highest BCUT2D eigenvalue weighted by atomic mass is 16.7. The van der Waals surface area contributed by atoms with E-state index in [1.54, 1.807) is 6.92 Å². The monoisotopic (exact) mass is 327 g/mol. The number of nitrogens with zero attached hydrogens (tertiary/aromatic N) is 3. The van der Waals surface area contributed by atoms with E-state index < -0.39 is 18.3 Å². The summed E-state index contributed by atoms with van der Waals surface area (Å²) in [7, 11) is -0.524. The van der Waals surface area contributed by atoms with Gasteiger partial charge in [-0.25, -0.2) is 9.50 Å². The molecule has 1 saturated carbocycles. The molecule has 2 aromatic heterocycles. The van der Waals surface area contributed by atoms with Gasteiger partial charge in [-0.3, -0.25) is 4.79 Å². The minimum absolute atomic E-state index is 0.0298. The number of fused-ring (bicyclic) bond motifs is 1. The molecule has 0 aromatic carbocycles. The van der Waals surface area contributed by atoms with E-state index in [2.05, 4.69) is 10.1 Å². The molecule has 4 rings (SSSR count). The Bertz CT molecular complexity index is 823. The first-order valence-electron chi connectivity index (χ1n) is 8.45. The normalized spacial score (nSPS) is 22.3. The van der Waals surface area contributed by atoms with Crippen LogP contribution in [0.2, 0.25) is 0 Å². The largest absolute Gasteiger partial charge is 0.516 e. The molecule has 0 atom stereocenters. The second-order valence-electron chi connectivity index (χ2n) is 7.82. The average Bonchev–Trinajstić information content (AvgIpc) is 3.17. The van der Waals surface area contributed by atoms with Crippen LogP contribution >= 0.6 is 0 Å². The molecular formula is C17H22BN3O3. The van der Waals surface area contributed by atoms with Gasteiger partial charge in [-0.05, 0) is 46.6 Å². The molecule has 1 aliphatic carbocycles. The fourth-order valence-electron chi connectivity index (χ4n) is 2.94. The Balaban J connectivity index is 1.79. The van der Waals surface area contributed by atoms with Crippen molar-refractivity contribution in [2.45, 2.75) is 64.6 Å². The van der Waals surface area contributed by atoms with Gasteiger partial charge in [0.1, 0.15) is 5.69 Å². The van der Waals surface area contributed by atoms with Gasteiger partial charge < -0.3 is 9.31 Å². The van der Waals surface area contributed by atoms with Crippen LogP contribution in [0.15, 0.2) is 12.1 Å². The summed E-state index contributed by atoms with van der Waals surface area (Å²) in [5.74, 6) is 0.428. The number of carbonyl (C=O) groups excluding carboxylic acids is 1. The highest BCUT2D eigenvalue weighted by Crippen LogP contribution is 2.40. The molecule has 6 nitrogen and oxygen atoms in total. The fraction of sp³-hybridized carbons (Fsp3) is 0.588. The van der Waals surface area contributed by atoms with Crippen LogP contribution in [0.5, 0.6) is 0 Å². The molecule has 24 heavy (non-hydrogen) atoms. The summed E-state index contributed by atoms with van der Waals surface area (Å²) in [6, 6.07) is 3.73. The Labute approximate surface area is 141 Å². The molecule has 1 aliphatic heterocycles. The standard InChI is InChI=1S/C17H22BN3O3/c1-10(22)12-8-13(11-6-7-11)21-15(19-12)9-14(20-21)18-23-16(2,3)17(4,5)24-18/h8-9,11H,6-7H2,1-5H3. The number of hydrogen-bond donors (Lipinski definition) is 0. The van der Waals surface area contributed by atoms with Gasteiger partial charge in [0.15, 0.2) is 11.4 Å². The van der Waals surface area contributed by atoms with Crippen LogP contribution < -0.4 is 5.59 Å². The van der Waals surface area contributed by atoms with Crippen LogP contribution in [0.25, 0.3) is 5.65 Å². The maximum atomic E-state index is 11.8. The maximum Gasteiger partial charge on any atom is 0.516 e. The second kappa shape index (κ2) is 4.89. The summed E-state index contributed by atoms with van der Waals surface area (Å²) in [6.45, 7) is 9.62. The van der Waals surface area contributed by atoms with Gasteiger partial charge in [0, 0.05) is 24.6 Å². The van der Waals surface area contributed by atoms with Crippen LogP contribution in [-0.4, -0.2) is 38.7 Å². The van der Waals surface area contributed by atoms with E-state index in [4.69, 9.17) is 9.31 Å². The van der Waals surface area contributed by atoms with Gasteiger partial charge in [-0.2, -0.15) is 5.10 Å². The van der Waals surface area contributed by atoms with Gasteiger partial charge in [-0.15, -0.1) is 0 Å². The van der Waals surface area contributed by atoms with Crippen molar-refractivity contribution in [1.29, 1.82) is 0 Å². The van der Waals surface area contributed by atoms with E-state index in [1.807, 2.05) is 44.3 Å². The molecule has 2 fully saturated rings. The molecule has 1 saturated heterocycles. The third-order valence-electron chi connectivity index (χ3n) is 5.32. The van der Waals surface area contributed by atoms with Crippen LogP contribution in [0.1, 0.15) is 69.6 Å². The van der Waals surface area contributed by atoms with E-state index in [0.29, 0.717) is 22.9 Å². The lowest BCUT2D eigenvalue weighted by Crippen LogP contribution is -2.41. The van der Waals surface area contributed by atoms with Crippen molar-refractivity contribution >= 4 is 24.1 Å². The van der Waals surface area contributed by atoms with E-state index in [0.717, 1.165) is 18.5 Å². The number of aromatic nitrogens is 3. The molecule has 7 heteroatoms. The minimum atomic E-state index is -0.524. The quantitative estimate of drug-likeness (QED) is 0.638. The number of ketones is 1. The summed E-state index contributed by atoms with van der Waals surface area (Å²) in [6.07, 6.45) is 2.25. The lowest BCUT2D eigenvalue weighted by atomic mass is 9.85. The second-order valence-corrected chi connectivity index (χ2v) is 7.82. The van der Waals surface area contributed by atoms with Crippen LogP contribution in [0.4, 0.5) is 0 Å². The summed E-state index contributed by atoms with van der Waals surface area (Å²) in [5, 5.41) is 4.68. The fourth-order valence-corrected chi connectivity index (χ4v) is 2.94. The average molecular weight is 327 g/mol. The summed E-state index contributed by atoms with van der Waals surface area (Å²) in [5.41, 5.74) is 2.09. The van der Waals surface area contributed by atoms with Crippen molar-refractivity contribution in [2.24, 2.45) is 0 Å². The lowest BCUT2D eigenvalue weighted by molar-refractivity contribution is 0.00578. The van der Waals surface area contributed by atoms with Gasteiger partial charge in [0.05, 0.1) is 16.8 Å². The third kappa shape index (κ3) is 2.38. The Morgan fingerprint density at radius 1 is 1.21 bits per heavy atom. The molecule has 0 unspecified atom stereocenters. The summed E-state index contributed by atoms with van der Waals surface area (Å²) in [4.78, 5) is 16.2. The third-order valence-corrected chi connectivity index (χ3v) is 5.32. The zero-order chi connectivity index (χ0) is 17.3. The first-order chi connectivity index (χ1) is 11.2. The predicted octanol–water partition coefficient (Wildman–Crippen LogP) is 2.11. The SMILES string of the molecule is CC(=O)c1cc(C2CC2)n2nc(B3OC(C)(C)C(C)(C)O3)cc2n1. The molecule has 0 N–H and O–H groups in total. The molecular weight excluding hydrogens is 305 g/mol. The van der Waals surface area contributed by atoms with Gasteiger partial charge in [-0.1, -0.05) is 0 Å². The molecule has 0 bridgehead atoms. The van der Waals surface area contributed by atoms with E-state index in [-0.39, 0.29) is 5.78 Å². The highest BCUT2D eigenvalue weighted by molar-refractivity contribution is 6.61. The molecule has 2 aliphatic rings. The Kier molecular flexibility index (Phi) is 3.22. The summed E-state index contributed by atoms with van der Waals surface area (Å²) < 4.78 is 14.0. The van der Waals surface area contributed by atoms with Crippen molar-refractivity contribution < 1.29 is 14.1 Å². The van der Waals surface area contributed by atoms with Gasteiger partial charge >= 0.3 is 7.12 Å². The number of Topliss-reactive ketones (excluding diaryl/α,β-unsaturated/α-hetero) is 1. The molecule has 126 valence electrons. The van der Waals surface area contributed by atoms with Crippen LogP contribution in [0.3, 0.4) is 0 Å². The Hall–Kier alpha value is -1.73. The number of rotatable bonds is 3. The molecule has 2 aromatic rings. The summed E-state index contributed by atoms with van der Waals surface area (Å²) >= 11 is 0. The predicted molar refractivity (Wildman–Crippen MR) is 90.7 cm³/mol. The van der Waals surface area contributed by atoms with Gasteiger partial charge in [0.2, 0.25) is 0 Å². The molecule has 0 amide bonds. The number of hydrogen-bond acceptors (Lipinski definition) is 5. The topological polar surface area (TPSA) is 65.7 Å². The first-order valence-corrected chi connectivity index (χ1v) is 8.45.